The first-order chi connectivity index (χ1) is 8.13. The highest BCUT2D eigenvalue weighted by atomic mass is 16.5. The van der Waals surface area contributed by atoms with Crippen LogP contribution in [0.3, 0.4) is 0 Å². The zero-order valence-corrected chi connectivity index (χ0v) is 10.2. The Bertz CT molecular complexity index is 423. The van der Waals surface area contributed by atoms with Crippen LogP contribution in [0.4, 0.5) is 0 Å². The smallest absolute Gasteiger partial charge is 0.211 e. The van der Waals surface area contributed by atoms with Gasteiger partial charge in [-0.25, -0.2) is 0 Å². The molecule has 0 amide bonds. The van der Waals surface area contributed by atoms with Gasteiger partial charge in [0, 0.05) is 0 Å². The summed E-state index contributed by atoms with van der Waals surface area (Å²) in [6.45, 7) is 4.78. The maximum atomic E-state index is 5.52. The molecule has 0 unspecified atom stereocenters. The van der Waals surface area contributed by atoms with E-state index in [2.05, 4.69) is 17.1 Å². The van der Waals surface area contributed by atoms with Gasteiger partial charge in [0.25, 0.3) is 0 Å². The summed E-state index contributed by atoms with van der Waals surface area (Å²) < 4.78 is 5.52. The number of nitrogens with zero attached hydrogens (tertiary/aromatic N) is 2. The summed E-state index contributed by atoms with van der Waals surface area (Å²) in [5, 5.41) is 7.31. The summed E-state index contributed by atoms with van der Waals surface area (Å²) in [4.78, 5) is 0. The van der Waals surface area contributed by atoms with Gasteiger partial charge in [0.15, 0.2) is 0 Å². The molecular formula is C12H18N4O. The lowest BCUT2D eigenvalue weighted by atomic mass is 10.1. The third-order valence-corrected chi connectivity index (χ3v) is 2.08. The summed E-state index contributed by atoms with van der Waals surface area (Å²) in [6, 6.07) is 5.79. The zero-order chi connectivity index (χ0) is 12.7. The highest BCUT2D eigenvalue weighted by molar-refractivity contribution is 5.83. The Morgan fingerprint density at radius 1 is 1.41 bits per heavy atom. The van der Waals surface area contributed by atoms with Gasteiger partial charge >= 0.3 is 0 Å². The van der Waals surface area contributed by atoms with Gasteiger partial charge in [-0.3, -0.25) is 0 Å². The van der Waals surface area contributed by atoms with Crippen molar-refractivity contribution in [1.82, 2.24) is 0 Å². The minimum absolute atomic E-state index is 0.0539. The molecule has 5 nitrogen and oxygen atoms in total. The van der Waals surface area contributed by atoms with Crippen molar-refractivity contribution in [2.75, 3.05) is 6.61 Å². The van der Waals surface area contributed by atoms with E-state index in [1.165, 1.54) is 0 Å². The molecule has 1 aromatic rings. The Morgan fingerprint density at radius 2 is 2.18 bits per heavy atom. The quantitative estimate of drug-likeness (QED) is 0.458. The van der Waals surface area contributed by atoms with Crippen LogP contribution in [-0.4, -0.2) is 18.8 Å². The van der Waals surface area contributed by atoms with Crippen LogP contribution in [-0.2, 0) is 0 Å². The topological polar surface area (TPSA) is 86.0 Å². The molecule has 17 heavy (non-hydrogen) atoms. The molecule has 0 aliphatic rings. The molecule has 0 bridgehead atoms. The standard InChI is InChI=1S/C12H18N4O/c1-3-6-17-11-5-4-10(9(2)7-11)8-15-16-12(13)14/h4-5,7-8H,3,6H2,1-2H3,(H4,13,14,16). The molecule has 0 aromatic heterocycles. The Morgan fingerprint density at radius 3 is 2.76 bits per heavy atom. The van der Waals surface area contributed by atoms with Crippen LogP contribution in [0, 0.1) is 6.92 Å². The maximum Gasteiger partial charge on any atom is 0.211 e. The third-order valence-electron chi connectivity index (χ3n) is 2.08. The van der Waals surface area contributed by atoms with Crippen LogP contribution in [0.15, 0.2) is 28.4 Å². The highest BCUT2D eigenvalue weighted by Gasteiger charge is 1.98. The average molecular weight is 234 g/mol. The van der Waals surface area contributed by atoms with E-state index in [0.717, 1.165) is 29.9 Å². The normalized spacial score (nSPS) is 10.5. The molecule has 0 radical (unpaired) electrons. The molecular weight excluding hydrogens is 216 g/mol. The largest absolute Gasteiger partial charge is 0.494 e. The van der Waals surface area contributed by atoms with E-state index < -0.39 is 0 Å². The van der Waals surface area contributed by atoms with E-state index in [9.17, 15) is 0 Å². The van der Waals surface area contributed by atoms with Crippen molar-refractivity contribution in [3.63, 3.8) is 0 Å². The first-order valence-corrected chi connectivity index (χ1v) is 5.49. The number of hydrogen-bond acceptors (Lipinski definition) is 3. The van der Waals surface area contributed by atoms with Crippen LogP contribution in [0.2, 0.25) is 0 Å². The van der Waals surface area contributed by atoms with Crippen molar-refractivity contribution in [3.8, 4) is 5.75 Å². The van der Waals surface area contributed by atoms with Gasteiger partial charge in [-0.15, -0.1) is 5.10 Å². The molecule has 1 rings (SSSR count). The third kappa shape index (κ3) is 4.55. The lowest BCUT2D eigenvalue weighted by molar-refractivity contribution is 0.317. The van der Waals surface area contributed by atoms with Crippen molar-refractivity contribution < 1.29 is 4.74 Å². The molecule has 0 aliphatic heterocycles. The molecule has 92 valence electrons. The van der Waals surface area contributed by atoms with E-state index in [1.54, 1.807) is 6.21 Å². The van der Waals surface area contributed by atoms with Gasteiger partial charge in [-0.1, -0.05) is 6.92 Å². The van der Waals surface area contributed by atoms with Gasteiger partial charge < -0.3 is 16.2 Å². The molecule has 4 N–H and O–H groups in total. The van der Waals surface area contributed by atoms with E-state index in [1.807, 2.05) is 25.1 Å². The second kappa shape index (κ2) is 6.52. The Kier molecular flexibility index (Phi) is 5.00. The van der Waals surface area contributed by atoms with Crippen LogP contribution < -0.4 is 16.2 Å². The Balaban J connectivity index is 2.76. The van der Waals surface area contributed by atoms with Crippen LogP contribution >= 0.6 is 0 Å². The van der Waals surface area contributed by atoms with Gasteiger partial charge in [-0.2, -0.15) is 5.10 Å². The monoisotopic (exact) mass is 234 g/mol. The minimum Gasteiger partial charge on any atom is -0.494 e. The summed E-state index contributed by atoms with van der Waals surface area (Å²) in [5.74, 6) is 0.810. The molecule has 0 fully saturated rings. The highest BCUT2D eigenvalue weighted by Crippen LogP contribution is 2.16. The van der Waals surface area contributed by atoms with Crippen molar-refractivity contribution in [3.05, 3.63) is 29.3 Å². The van der Waals surface area contributed by atoms with Crippen LogP contribution in [0.5, 0.6) is 5.75 Å². The number of benzene rings is 1. The number of hydrogen-bond donors (Lipinski definition) is 2. The molecule has 0 atom stereocenters. The second-order valence-electron chi connectivity index (χ2n) is 3.64. The Hall–Kier alpha value is -2.04. The summed E-state index contributed by atoms with van der Waals surface area (Å²) in [5.41, 5.74) is 12.4. The molecule has 1 aromatic carbocycles. The fraction of sp³-hybridized carbons (Fsp3) is 0.333. The number of rotatable bonds is 5. The molecule has 0 heterocycles. The first kappa shape index (κ1) is 13.0. The number of aryl methyl sites for hydroxylation is 1. The summed E-state index contributed by atoms with van der Waals surface area (Å²) in [7, 11) is 0. The van der Waals surface area contributed by atoms with E-state index in [-0.39, 0.29) is 5.96 Å². The predicted molar refractivity (Wildman–Crippen MR) is 70.4 cm³/mol. The molecule has 0 saturated heterocycles. The SMILES string of the molecule is CCCOc1ccc(C=NN=C(N)N)c(C)c1. The molecule has 5 heteroatoms. The van der Waals surface area contributed by atoms with Crippen molar-refractivity contribution in [1.29, 1.82) is 0 Å². The molecule has 0 aliphatic carbocycles. The summed E-state index contributed by atoms with van der Waals surface area (Å²) in [6.07, 6.45) is 2.60. The molecule has 0 saturated carbocycles. The second-order valence-corrected chi connectivity index (χ2v) is 3.64. The molecule has 0 spiro atoms. The fourth-order valence-corrected chi connectivity index (χ4v) is 1.26. The van der Waals surface area contributed by atoms with Crippen LogP contribution in [0.25, 0.3) is 0 Å². The average Bonchev–Trinajstić information content (AvgIpc) is 2.28. The summed E-state index contributed by atoms with van der Waals surface area (Å²) >= 11 is 0. The minimum atomic E-state index is -0.0539. The van der Waals surface area contributed by atoms with Crippen molar-refractivity contribution >= 4 is 12.2 Å². The van der Waals surface area contributed by atoms with Gasteiger partial charge in [-0.05, 0) is 42.7 Å². The number of ether oxygens (including phenoxy) is 1. The zero-order valence-electron chi connectivity index (χ0n) is 10.2. The lowest BCUT2D eigenvalue weighted by Gasteiger charge is -2.06. The first-order valence-electron chi connectivity index (χ1n) is 5.49. The number of guanidine groups is 1. The fourth-order valence-electron chi connectivity index (χ4n) is 1.26. The van der Waals surface area contributed by atoms with Crippen molar-refractivity contribution in [2.45, 2.75) is 20.3 Å². The van der Waals surface area contributed by atoms with Gasteiger partial charge in [0.05, 0.1) is 12.8 Å². The van der Waals surface area contributed by atoms with Gasteiger partial charge in [0.1, 0.15) is 5.75 Å². The van der Waals surface area contributed by atoms with Gasteiger partial charge in [0.2, 0.25) is 5.96 Å². The Labute approximate surface area is 101 Å². The lowest BCUT2D eigenvalue weighted by Crippen LogP contribution is -2.21. The number of nitrogens with two attached hydrogens (primary N) is 2. The van der Waals surface area contributed by atoms with E-state index >= 15 is 0 Å². The maximum absolute atomic E-state index is 5.52. The van der Waals surface area contributed by atoms with Crippen molar-refractivity contribution in [2.24, 2.45) is 21.7 Å². The van der Waals surface area contributed by atoms with E-state index in [4.69, 9.17) is 16.2 Å². The van der Waals surface area contributed by atoms with Crippen LogP contribution in [0.1, 0.15) is 24.5 Å². The van der Waals surface area contributed by atoms with E-state index in [0.29, 0.717) is 0 Å². The predicted octanol–water partition coefficient (Wildman–Crippen LogP) is 1.39.